The van der Waals surface area contributed by atoms with E-state index in [1.807, 2.05) is 0 Å². The maximum absolute atomic E-state index is 11.9. The zero-order valence-corrected chi connectivity index (χ0v) is 13.6. The van der Waals surface area contributed by atoms with Gasteiger partial charge in [-0.15, -0.1) is 0 Å². The highest BCUT2D eigenvalue weighted by Crippen LogP contribution is 2.10. The number of hydrogen-bond acceptors (Lipinski definition) is 6. The first kappa shape index (κ1) is 19.4. The van der Waals surface area contributed by atoms with Crippen LogP contribution in [0.2, 0.25) is 0 Å². The Kier molecular flexibility index (Phi) is 7.35. The third kappa shape index (κ3) is 7.65. The molecule has 0 unspecified atom stereocenters. The van der Waals surface area contributed by atoms with Gasteiger partial charge < -0.3 is 20.5 Å². The summed E-state index contributed by atoms with van der Waals surface area (Å²) in [4.78, 5) is 35.3. The van der Waals surface area contributed by atoms with Gasteiger partial charge in [-0.25, -0.2) is 4.79 Å². The molecule has 0 spiro atoms. The first-order valence-corrected chi connectivity index (χ1v) is 6.83. The van der Waals surface area contributed by atoms with Crippen LogP contribution in [0.25, 0.3) is 0 Å². The standard InChI is InChI=1S/C14H26N2O5/c1-8(2)11(15)12(18)16-9(13(19)20-6)7-10(17)21-14(3,4)5/h8-9,11H,7,15H2,1-6H3,(H,16,18)/t9-,11-/m0/s1. The van der Waals surface area contributed by atoms with Crippen LogP contribution in [0.5, 0.6) is 0 Å². The Morgan fingerprint density at radius 2 is 1.71 bits per heavy atom. The molecular formula is C14H26N2O5. The number of nitrogens with two attached hydrogens (primary N) is 1. The number of hydrogen-bond donors (Lipinski definition) is 2. The van der Waals surface area contributed by atoms with Gasteiger partial charge in [0.25, 0.3) is 0 Å². The predicted molar refractivity (Wildman–Crippen MR) is 77.2 cm³/mol. The molecule has 0 fully saturated rings. The van der Waals surface area contributed by atoms with Crippen LogP contribution in [0.15, 0.2) is 0 Å². The van der Waals surface area contributed by atoms with Crippen LogP contribution in [-0.2, 0) is 23.9 Å². The number of ether oxygens (including phenoxy) is 2. The third-order valence-corrected chi connectivity index (χ3v) is 2.61. The van der Waals surface area contributed by atoms with Crippen LogP contribution in [0.1, 0.15) is 41.0 Å². The van der Waals surface area contributed by atoms with Crippen LogP contribution in [-0.4, -0.2) is 42.6 Å². The van der Waals surface area contributed by atoms with Gasteiger partial charge >= 0.3 is 11.9 Å². The summed E-state index contributed by atoms with van der Waals surface area (Å²) in [5.74, 6) is -1.92. The fourth-order valence-electron chi connectivity index (χ4n) is 1.46. The quantitative estimate of drug-likeness (QED) is 0.686. The Morgan fingerprint density at radius 3 is 2.10 bits per heavy atom. The van der Waals surface area contributed by atoms with Gasteiger partial charge in [0, 0.05) is 0 Å². The molecule has 0 saturated carbocycles. The average molecular weight is 302 g/mol. The maximum Gasteiger partial charge on any atom is 0.328 e. The van der Waals surface area contributed by atoms with Gasteiger partial charge in [-0.2, -0.15) is 0 Å². The Morgan fingerprint density at radius 1 is 1.19 bits per heavy atom. The number of carbonyl (C=O) groups is 3. The van der Waals surface area contributed by atoms with E-state index in [4.69, 9.17) is 10.5 Å². The van der Waals surface area contributed by atoms with Gasteiger partial charge in [-0.05, 0) is 26.7 Å². The van der Waals surface area contributed by atoms with Gasteiger partial charge in [-0.1, -0.05) is 13.8 Å². The lowest BCUT2D eigenvalue weighted by molar-refractivity contribution is -0.159. The molecule has 0 aliphatic rings. The van der Waals surface area contributed by atoms with Gasteiger partial charge in [0.15, 0.2) is 0 Å². The smallest absolute Gasteiger partial charge is 0.328 e. The highest BCUT2D eigenvalue weighted by Gasteiger charge is 2.29. The van der Waals surface area contributed by atoms with E-state index in [-0.39, 0.29) is 12.3 Å². The molecule has 0 bridgehead atoms. The van der Waals surface area contributed by atoms with Gasteiger partial charge in [0.2, 0.25) is 5.91 Å². The van der Waals surface area contributed by atoms with E-state index in [0.29, 0.717) is 0 Å². The molecule has 7 nitrogen and oxygen atoms in total. The molecule has 3 N–H and O–H groups in total. The zero-order valence-electron chi connectivity index (χ0n) is 13.6. The average Bonchev–Trinajstić information content (AvgIpc) is 2.33. The summed E-state index contributed by atoms with van der Waals surface area (Å²) < 4.78 is 9.71. The van der Waals surface area contributed by atoms with Crippen molar-refractivity contribution >= 4 is 17.8 Å². The molecule has 7 heteroatoms. The van der Waals surface area contributed by atoms with Crippen LogP contribution >= 0.6 is 0 Å². The summed E-state index contributed by atoms with van der Waals surface area (Å²) in [7, 11) is 1.18. The molecule has 0 aromatic heterocycles. The molecule has 0 aromatic rings. The first-order chi connectivity index (χ1) is 9.47. The van der Waals surface area contributed by atoms with Gasteiger partial charge in [0.1, 0.15) is 11.6 Å². The van der Waals surface area contributed by atoms with Crippen molar-refractivity contribution in [3.8, 4) is 0 Å². The number of amides is 1. The van der Waals surface area contributed by atoms with Crippen molar-refractivity contribution in [3.05, 3.63) is 0 Å². The van der Waals surface area contributed by atoms with Gasteiger partial charge in [0.05, 0.1) is 19.6 Å². The molecule has 0 radical (unpaired) electrons. The van der Waals surface area contributed by atoms with Crippen molar-refractivity contribution in [2.45, 2.75) is 58.7 Å². The minimum absolute atomic E-state index is 0.0928. The van der Waals surface area contributed by atoms with Crippen LogP contribution < -0.4 is 11.1 Å². The number of carbonyl (C=O) groups excluding carboxylic acids is 3. The largest absolute Gasteiger partial charge is 0.467 e. The van der Waals surface area contributed by atoms with Gasteiger partial charge in [-0.3, -0.25) is 9.59 Å². The van der Waals surface area contributed by atoms with E-state index in [0.717, 1.165) is 0 Å². The van der Waals surface area contributed by atoms with Crippen LogP contribution in [0.4, 0.5) is 0 Å². The molecule has 0 aromatic carbocycles. The fraction of sp³-hybridized carbons (Fsp3) is 0.786. The summed E-state index contributed by atoms with van der Waals surface area (Å²) in [6.45, 7) is 8.71. The molecule has 0 rings (SSSR count). The van der Waals surface area contributed by atoms with Crippen molar-refractivity contribution in [1.29, 1.82) is 0 Å². The Bertz CT molecular complexity index is 387. The number of nitrogens with one attached hydrogen (secondary N) is 1. The lowest BCUT2D eigenvalue weighted by Crippen LogP contribution is -2.51. The second-order valence-electron chi connectivity index (χ2n) is 6.14. The minimum atomic E-state index is -1.11. The van der Waals surface area contributed by atoms with E-state index in [1.54, 1.807) is 34.6 Å². The van der Waals surface area contributed by atoms with Crippen LogP contribution in [0.3, 0.4) is 0 Å². The highest BCUT2D eigenvalue weighted by molar-refractivity contribution is 5.90. The molecule has 0 aliphatic carbocycles. The van der Waals surface area contributed by atoms with Crippen molar-refractivity contribution in [2.75, 3.05) is 7.11 Å². The summed E-state index contributed by atoms with van der Waals surface area (Å²) >= 11 is 0. The number of methoxy groups -OCH3 is 1. The van der Waals surface area contributed by atoms with E-state index >= 15 is 0 Å². The van der Waals surface area contributed by atoms with Crippen molar-refractivity contribution in [2.24, 2.45) is 11.7 Å². The molecule has 122 valence electrons. The highest BCUT2D eigenvalue weighted by atomic mass is 16.6. The molecular weight excluding hydrogens is 276 g/mol. The van der Waals surface area contributed by atoms with E-state index in [1.165, 1.54) is 7.11 Å². The Hall–Kier alpha value is -1.63. The molecule has 21 heavy (non-hydrogen) atoms. The first-order valence-electron chi connectivity index (χ1n) is 6.83. The molecule has 1 amide bonds. The summed E-state index contributed by atoms with van der Waals surface area (Å²) in [6, 6.07) is -1.88. The summed E-state index contributed by atoms with van der Waals surface area (Å²) in [5.41, 5.74) is 5.03. The molecule has 0 aliphatic heterocycles. The number of esters is 2. The van der Waals surface area contributed by atoms with E-state index in [9.17, 15) is 14.4 Å². The second-order valence-corrected chi connectivity index (χ2v) is 6.14. The predicted octanol–water partition coefficient (Wildman–Crippen LogP) is 0.359. The second kappa shape index (κ2) is 7.97. The van der Waals surface area contributed by atoms with Crippen LogP contribution in [0, 0.1) is 5.92 Å². The summed E-state index contributed by atoms with van der Waals surface area (Å²) in [5, 5.41) is 2.43. The zero-order chi connectivity index (χ0) is 16.8. The minimum Gasteiger partial charge on any atom is -0.467 e. The lowest BCUT2D eigenvalue weighted by Gasteiger charge is -2.23. The lowest BCUT2D eigenvalue weighted by atomic mass is 10.0. The normalized spacial score (nSPS) is 14.3. The molecule has 0 saturated heterocycles. The Labute approximate surface area is 125 Å². The van der Waals surface area contributed by atoms with Crippen molar-refractivity contribution in [3.63, 3.8) is 0 Å². The van der Waals surface area contributed by atoms with Crippen molar-refractivity contribution in [1.82, 2.24) is 5.32 Å². The molecule has 2 atom stereocenters. The Balaban J connectivity index is 4.79. The molecule has 0 heterocycles. The topological polar surface area (TPSA) is 108 Å². The summed E-state index contributed by atoms with van der Waals surface area (Å²) in [6.07, 6.45) is -0.305. The van der Waals surface area contributed by atoms with E-state index in [2.05, 4.69) is 10.1 Å². The maximum atomic E-state index is 11.9. The monoisotopic (exact) mass is 302 g/mol. The fourth-order valence-corrected chi connectivity index (χ4v) is 1.46. The van der Waals surface area contributed by atoms with Crippen molar-refractivity contribution < 1.29 is 23.9 Å². The van der Waals surface area contributed by atoms with E-state index < -0.39 is 35.5 Å². The number of rotatable bonds is 6. The SMILES string of the molecule is COC(=O)[C@H](CC(=O)OC(C)(C)C)NC(=O)[C@@H](N)C(C)C. The third-order valence-electron chi connectivity index (χ3n) is 2.61.